The maximum absolute atomic E-state index is 12.2. The van der Waals surface area contributed by atoms with Gasteiger partial charge in [0, 0.05) is 32.5 Å². The fourth-order valence-corrected chi connectivity index (χ4v) is 2.38. The third-order valence-electron chi connectivity index (χ3n) is 3.86. The predicted octanol–water partition coefficient (Wildman–Crippen LogP) is 3.39. The van der Waals surface area contributed by atoms with Gasteiger partial charge in [-0.1, -0.05) is 43.7 Å². The molecule has 0 spiro atoms. The molecule has 2 aromatic rings. The van der Waals surface area contributed by atoms with Crippen LogP contribution in [0.3, 0.4) is 0 Å². The van der Waals surface area contributed by atoms with Crippen molar-refractivity contribution in [2.75, 3.05) is 25.5 Å². The van der Waals surface area contributed by atoms with Crippen molar-refractivity contribution in [3.05, 3.63) is 53.9 Å². The zero-order valence-electron chi connectivity index (χ0n) is 14.5. The molecule has 1 aromatic heterocycles. The van der Waals surface area contributed by atoms with Gasteiger partial charge in [0.05, 0.1) is 5.56 Å². The van der Waals surface area contributed by atoms with Crippen molar-refractivity contribution in [2.24, 2.45) is 0 Å². The van der Waals surface area contributed by atoms with Crippen molar-refractivity contribution in [3.8, 4) is 0 Å². The lowest BCUT2D eigenvalue weighted by atomic mass is 10.1. The second-order valence-electron chi connectivity index (χ2n) is 5.89. The van der Waals surface area contributed by atoms with E-state index in [9.17, 15) is 4.79 Å². The van der Waals surface area contributed by atoms with Crippen LogP contribution in [-0.2, 0) is 6.42 Å². The number of hydrogen-bond donors (Lipinski definition) is 1. The Morgan fingerprint density at radius 3 is 2.50 bits per heavy atom. The zero-order chi connectivity index (χ0) is 17.2. The standard InChI is InChI=1S/C19H26N4O/c1-3-4-13-23(2)18(24)17-14-21-19(22-15-17)20-12-8-11-16-9-6-5-7-10-16/h5-7,9-10,14-15H,3-4,8,11-13H2,1-2H3,(H,20,21,22). The number of aryl methyl sites for hydroxylation is 1. The van der Waals surface area contributed by atoms with Gasteiger partial charge in [0.15, 0.2) is 0 Å². The highest BCUT2D eigenvalue weighted by Crippen LogP contribution is 2.06. The van der Waals surface area contributed by atoms with Gasteiger partial charge in [0.25, 0.3) is 5.91 Å². The molecular formula is C19H26N4O. The number of unbranched alkanes of at least 4 members (excludes halogenated alkanes) is 1. The molecule has 0 unspecified atom stereocenters. The highest BCUT2D eigenvalue weighted by Gasteiger charge is 2.12. The molecule has 128 valence electrons. The largest absolute Gasteiger partial charge is 0.354 e. The molecule has 0 aliphatic heterocycles. The van der Waals surface area contributed by atoms with Crippen molar-refractivity contribution in [1.82, 2.24) is 14.9 Å². The average Bonchev–Trinajstić information content (AvgIpc) is 2.64. The Hall–Kier alpha value is -2.43. The van der Waals surface area contributed by atoms with E-state index in [0.29, 0.717) is 11.5 Å². The molecule has 24 heavy (non-hydrogen) atoms. The topological polar surface area (TPSA) is 58.1 Å². The Bertz CT molecular complexity index is 613. The first kappa shape index (κ1) is 17.9. The summed E-state index contributed by atoms with van der Waals surface area (Å²) in [5.41, 5.74) is 1.86. The van der Waals surface area contributed by atoms with Crippen LogP contribution in [0.5, 0.6) is 0 Å². The van der Waals surface area contributed by atoms with Crippen molar-refractivity contribution in [3.63, 3.8) is 0 Å². The summed E-state index contributed by atoms with van der Waals surface area (Å²) in [5, 5.41) is 3.20. The minimum absolute atomic E-state index is 0.0286. The summed E-state index contributed by atoms with van der Waals surface area (Å²) in [6.07, 6.45) is 7.29. The third-order valence-corrected chi connectivity index (χ3v) is 3.86. The second kappa shape index (κ2) is 9.65. The van der Waals surface area contributed by atoms with Gasteiger partial charge in [0.2, 0.25) is 5.95 Å². The van der Waals surface area contributed by atoms with Gasteiger partial charge in [-0.2, -0.15) is 0 Å². The van der Waals surface area contributed by atoms with Crippen molar-refractivity contribution in [2.45, 2.75) is 32.6 Å². The number of aromatic nitrogens is 2. The van der Waals surface area contributed by atoms with E-state index in [1.807, 2.05) is 13.1 Å². The van der Waals surface area contributed by atoms with E-state index in [4.69, 9.17) is 0 Å². The van der Waals surface area contributed by atoms with Gasteiger partial charge in [-0.3, -0.25) is 4.79 Å². The average molecular weight is 326 g/mol. The van der Waals surface area contributed by atoms with E-state index in [1.165, 1.54) is 5.56 Å². The van der Waals surface area contributed by atoms with Gasteiger partial charge in [-0.15, -0.1) is 0 Å². The van der Waals surface area contributed by atoms with Crippen molar-refractivity contribution >= 4 is 11.9 Å². The Labute approximate surface area is 144 Å². The van der Waals surface area contributed by atoms with Gasteiger partial charge < -0.3 is 10.2 Å². The lowest BCUT2D eigenvalue weighted by Crippen LogP contribution is -2.28. The number of anilines is 1. The molecule has 2 rings (SSSR count). The van der Waals surface area contributed by atoms with E-state index in [2.05, 4.69) is 46.5 Å². The number of amides is 1. The highest BCUT2D eigenvalue weighted by molar-refractivity contribution is 5.93. The summed E-state index contributed by atoms with van der Waals surface area (Å²) < 4.78 is 0. The third kappa shape index (κ3) is 5.65. The molecule has 1 aromatic carbocycles. The first-order valence-corrected chi connectivity index (χ1v) is 8.56. The Morgan fingerprint density at radius 1 is 1.12 bits per heavy atom. The highest BCUT2D eigenvalue weighted by atomic mass is 16.2. The Balaban J connectivity index is 1.76. The summed E-state index contributed by atoms with van der Waals surface area (Å²) >= 11 is 0. The first-order valence-electron chi connectivity index (χ1n) is 8.56. The molecule has 0 bridgehead atoms. The predicted molar refractivity (Wildman–Crippen MR) is 97.2 cm³/mol. The Morgan fingerprint density at radius 2 is 1.83 bits per heavy atom. The number of rotatable bonds is 9. The van der Waals surface area contributed by atoms with Crippen LogP contribution in [0.1, 0.15) is 42.1 Å². The maximum Gasteiger partial charge on any atom is 0.256 e. The molecule has 1 amide bonds. The summed E-state index contributed by atoms with van der Waals surface area (Å²) in [7, 11) is 1.81. The van der Waals surface area contributed by atoms with Crippen LogP contribution >= 0.6 is 0 Å². The number of carbonyl (C=O) groups is 1. The first-order chi connectivity index (χ1) is 11.7. The minimum atomic E-state index is -0.0286. The van der Waals surface area contributed by atoms with Gasteiger partial charge in [-0.25, -0.2) is 9.97 Å². The molecule has 1 N–H and O–H groups in total. The SMILES string of the molecule is CCCCN(C)C(=O)c1cnc(NCCCc2ccccc2)nc1. The van der Waals surface area contributed by atoms with Crippen LogP contribution < -0.4 is 5.32 Å². The molecule has 0 saturated carbocycles. The monoisotopic (exact) mass is 326 g/mol. The summed E-state index contributed by atoms with van der Waals surface area (Å²) in [5.74, 6) is 0.537. The molecule has 5 heteroatoms. The normalized spacial score (nSPS) is 10.4. The smallest absolute Gasteiger partial charge is 0.256 e. The molecular weight excluding hydrogens is 300 g/mol. The van der Waals surface area contributed by atoms with Crippen LogP contribution in [0.25, 0.3) is 0 Å². The number of nitrogens with one attached hydrogen (secondary N) is 1. The molecule has 0 radical (unpaired) electrons. The van der Waals surface area contributed by atoms with Gasteiger partial charge >= 0.3 is 0 Å². The molecule has 0 aliphatic carbocycles. The van der Waals surface area contributed by atoms with Crippen LogP contribution in [0.2, 0.25) is 0 Å². The van der Waals surface area contributed by atoms with Crippen LogP contribution in [0.15, 0.2) is 42.7 Å². The molecule has 0 fully saturated rings. The number of nitrogens with zero attached hydrogens (tertiary/aromatic N) is 3. The van der Waals surface area contributed by atoms with E-state index < -0.39 is 0 Å². The van der Waals surface area contributed by atoms with E-state index in [1.54, 1.807) is 17.3 Å². The number of benzene rings is 1. The summed E-state index contributed by atoms with van der Waals surface area (Å²) in [6.45, 7) is 3.67. The van der Waals surface area contributed by atoms with Crippen molar-refractivity contribution < 1.29 is 4.79 Å². The van der Waals surface area contributed by atoms with Gasteiger partial charge in [0.1, 0.15) is 0 Å². The minimum Gasteiger partial charge on any atom is -0.354 e. The van der Waals surface area contributed by atoms with E-state index in [-0.39, 0.29) is 5.91 Å². The quantitative estimate of drug-likeness (QED) is 0.718. The molecule has 5 nitrogen and oxygen atoms in total. The molecule has 0 aliphatic rings. The van der Waals surface area contributed by atoms with Crippen LogP contribution in [0.4, 0.5) is 5.95 Å². The number of hydrogen-bond acceptors (Lipinski definition) is 4. The van der Waals surface area contributed by atoms with E-state index in [0.717, 1.165) is 38.8 Å². The van der Waals surface area contributed by atoms with Crippen LogP contribution in [-0.4, -0.2) is 40.9 Å². The van der Waals surface area contributed by atoms with Crippen LogP contribution in [0, 0.1) is 0 Å². The van der Waals surface area contributed by atoms with Crippen molar-refractivity contribution in [1.29, 1.82) is 0 Å². The lowest BCUT2D eigenvalue weighted by Gasteiger charge is -2.16. The van der Waals surface area contributed by atoms with E-state index >= 15 is 0 Å². The number of carbonyl (C=O) groups excluding carboxylic acids is 1. The summed E-state index contributed by atoms with van der Waals surface area (Å²) in [4.78, 5) is 22.4. The zero-order valence-corrected chi connectivity index (χ0v) is 14.5. The maximum atomic E-state index is 12.2. The van der Waals surface area contributed by atoms with Gasteiger partial charge in [-0.05, 0) is 24.8 Å². The summed E-state index contributed by atoms with van der Waals surface area (Å²) in [6, 6.07) is 10.4. The molecule has 0 saturated heterocycles. The Kier molecular flexibility index (Phi) is 7.21. The fraction of sp³-hybridized carbons (Fsp3) is 0.421. The fourth-order valence-electron chi connectivity index (χ4n) is 2.38. The lowest BCUT2D eigenvalue weighted by molar-refractivity contribution is 0.0792. The molecule has 1 heterocycles. The molecule has 0 atom stereocenters. The second-order valence-corrected chi connectivity index (χ2v) is 5.89.